The molecule has 1 unspecified atom stereocenters. The van der Waals surface area contributed by atoms with Gasteiger partial charge in [-0.25, -0.2) is 0 Å². The predicted molar refractivity (Wildman–Crippen MR) is 164 cm³/mol. The molecule has 2 amide bonds. The van der Waals surface area contributed by atoms with Crippen molar-refractivity contribution >= 4 is 62.0 Å². The Morgan fingerprint density at radius 3 is 2.62 bits per heavy atom. The first-order valence-electron chi connectivity index (χ1n) is 13.3. The van der Waals surface area contributed by atoms with Crippen LogP contribution in [0, 0.1) is 6.92 Å². The maximum absolute atomic E-state index is 14.3. The highest BCUT2D eigenvalue weighted by atomic mass is 79.9. The van der Waals surface area contributed by atoms with Crippen molar-refractivity contribution in [1.29, 1.82) is 0 Å². The molecule has 0 saturated carbocycles. The van der Waals surface area contributed by atoms with Gasteiger partial charge in [-0.1, -0.05) is 63.4 Å². The number of likely N-dealkylation sites (tertiary alicyclic amines) is 1. The smallest absolute Gasteiger partial charge is 0.239 e. The van der Waals surface area contributed by atoms with Crippen molar-refractivity contribution in [3.63, 3.8) is 0 Å². The molecule has 40 heavy (non-hydrogen) atoms. The third-order valence-corrected chi connectivity index (χ3v) is 9.49. The highest BCUT2D eigenvalue weighted by Gasteiger charge is 2.58. The number of unbranched alkanes of at least 4 members (excludes halogenated alkanes) is 1. The Labute approximate surface area is 251 Å². The number of fused-ring (bicyclic) bond motifs is 1. The SMILES string of the molecule is Cc1ccc(SC2(C(=O)NCCCCO)CC(=O)N(Cc3ccc(Br)cc3)[C@H]2c2c[nH]c3cc(Cl)ccc23)cc1. The Morgan fingerprint density at radius 1 is 1.15 bits per heavy atom. The average Bonchev–Trinajstić information content (AvgIpc) is 3.46. The van der Waals surface area contributed by atoms with Gasteiger partial charge < -0.3 is 20.3 Å². The van der Waals surface area contributed by atoms with Crippen LogP contribution in [0.4, 0.5) is 0 Å². The molecule has 208 valence electrons. The molecule has 2 atom stereocenters. The van der Waals surface area contributed by atoms with E-state index in [1.54, 1.807) is 0 Å². The Bertz CT molecular complexity index is 1510. The predicted octanol–water partition coefficient (Wildman–Crippen LogP) is 6.79. The molecule has 0 bridgehead atoms. The Kier molecular flexibility index (Phi) is 8.90. The van der Waals surface area contributed by atoms with Crippen molar-refractivity contribution in [2.75, 3.05) is 13.2 Å². The lowest BCUT2D eigenvalue weighted by molar-refractivity contribution is -0.129. The number of aliphatic hydroxyl groups excluding tert-OH is 1. The third-order valence-electron chi connectivity index (χ3n) is 7.30. The molecule has 3 N–H and O–H groups in total. The summed E-state index contributed by atoms with van der Waals surface area (Å²) in [7, 11) is 0. The van der Waals surface area contributed by atoms with E-state index >= 15 is 0 Å². The molecule has 1 aliphatic rings. The van der Waals surface area contributed by atoms with E-state index in [0.29, 0.717) is 31.0 Å². The van der Waals surface area contributed by atoms with Crippen molar-refractivity contribution < 1.29 is 14.7 Å². The standard InChI is InChI=1S/C31H31BrClN3O3S/c1-20-4-11-24(12-5-20)40-31(30(39)34-14-2-3-15-37)17-28(38)36(19-21-6-8-22(32)9-7-21)29(31)26-18-35-27-16-23(33)10-13-25(26)27/h4-13,16,18,29,35,37H,2-3,14-15,17,19H2,1H3,(H,34,39)/t29-,31?/m0/s1. The highest BCUT2D eigenvalue weighted by Crippen LogP contribution is 2.54. The first kappa shape index (κ1) is 28.7. The molecule has 0 radical (unpaired) electrons. The van der Waals surface area contributed by atoms with Crippen LogP contribution in [0.3, 0.4) is 0 Å². The fourth-order valence-corrected chi connectivity index (χ4v) is 7.15. The third kappa shape index (κ3) is 5.96. The van der Waals surface area contributed by atoms with Crippen molar-refractivity contribution in [3.8, 4) is 0 Å². The molecular weight excluding hydrogens is 610 g/mol. The zero-order valence-electron chi connectivity index (χ0n) is 22.1. The highest BCUT2D eigenvalue weighted by molar-refractivity contribution is 9.10. The maximum atomic E-state index is 14.3. The van der Waals surface area contributed by atoms with E-state index in [0.717, 1.165) is 37.0 Å². The van der Waals surface area contributed by atoms with E-state index in [9.17, 15) is 14.7 Å². The van der Waals surface area contributed by atoms with Crippen LogP contribution in [-0.4, -0.2) is 44.7 Å². The number of aromatic amines is 1. The summed E-state index contributed by atoms with van der Waals surface area (Å²) in [6.45, 7) is 2.88. The van der Waals surface area contributed by atoms with Gasteiger partial charge in [0, 0.05) is 56.8 Å². The van der Waals surface area contributed by atoms with Crippen molar-refractivity contribution in [2.45, 2.75) is 48.4 Å². The number of H-pyrrole nitrogens is 1. The number of hydrogen-bond acceptors (Lipinski definition) is 4. The second kappa shape index (κ2) is 12.4. The van der Waals surface area contributed by atoms with Gasteiger partial charge >= 0.3 is 0 Å². The van der Waals surface area contributed by atoms with Gasteiger partial charge in [-0.15, -0.1) is 11.8 Å². The summed E-state index contributed by atoms with van der Waals surface area (Å²) < 4.78 is -0.170. The topological polar surface area (TPSA) is 85.4 Å². The van der Waals surface area contributed by atoms with E-state index < -0.39 is 10.8 Å². The number of amides is 2. The van der Waals surface area contributed by atoms with Crippen LogP contribution in [0.2, 0.25) is 5.02 Å². The minimum Gasteiger partial charge on any atom is -0.396 e. The van der Waals surface area contributed by atoms with Gasteiger partial charge in [-0.3, -0.25) is 9.59 Å². The number of nitrogens with zero attached hydrogens (tertiary/aromatic N) is 1. The molecule has 2 heterocycles. The second-order valence-corrected chi connectivity index (χ2v) is 12.9. The lowest BCUT2D eigenvalue weighted by Gasteiger charge is -2.36. The summed E-state index contributed by atoms with van der Waals surface area (Å²) >= 11 is 11.2. The Balaban J connectivity index is 1.64. The van der Waals surface area contributed by atoms with Crippen LogP contribution in [0.5, 0.6) is 0 Å². The average molecular weight is 641 g/mol. The fourth-order valence-electron chi connectivity index (χ4n) is 5.30. The summed E-state index contributed by atoms with van der Waals surface area (Å²) in [4.78, 5) is 34.3. The van der Waals surface area contributed by atoms with Crippen LogP contribution < -0.4 is 5.32 Å². The number of carbonyl (C=O) groups excluding carboxylic acids is 2. The molecule has 5 rings (SSSR count). The number of rotatable bonds is 10. The van der Waals surface area contributed by atoms with Gasteiger partial charge in [-0.05, 0) is 61.7 Å². The first-order chi connectivity index (χ1) is 19.3. The zero-order chi connectivity index (χ0) is 28.3. The Hall–Kier alpha value is -2.78. The summed E-state index contributed by atoms with van der Waals surface area (Å²) in [5.41, 5.74) is 3.82. The van der Waals surface area contributed by atoms with Crippen LogP contribution in [0.15, 0.2) is 82.3 Å². The molecule has 1 saturated heterocycles. The minimum absolute atomic E-state index is 0.0544. The van der Waals surface area contributed by atoms with Crippen molar-refractivity contribution in [3.05, 3.63) is 99.1 Å². The quantitative estimate of drug-likeness (QED) is 0.167. The normalized spacial score (nSPS) is 18.9. The molecule has 0 aliphatic carbocycles. The second-order valence-electron chi connectivity index (χ2n) is 10.2. The number of aliphatic hydroxyl groups is 1. The van der Waals surface area contributed by atoms with Crippen LogP contribution in [-0.2, 0) is 16.1 Å². The van der Waals surface area contributed by atoms with Crippen LogP contribution in [0.25, 0.3) is 10.9 Å². The van der Waals surface area contributed by atoms with Gasteiger partial charge in [0.1, 0.15) is 4.75 Å². The lowest BCUT2D eigenvalue weighted by atomic mass is 9.91. The molecule has 4 aromatic rings. The summed E-state index contributed by atoms with van der Waals surface area (Å²) in [6.07, 6.45) is 3.21. The molecule has 0 spiro atoms. The van der Waals surface area contributed by atoms with E-state index in [1.165, 1.54) is 11.8 Å². The van der Waals surface area contributed by atoms with Gasteiger partial charge in [0.15, 0.2) is 0 Å². The Morgan fingerprint density at radius 2 is 1.90 bits per heavy atom. The van der Waals surface area contributed by atoms with E-state index in [2.05, 4.69) is 26.2 Å². The number of carbonyl (C=O) groups is 2. The van der Waals surface area contributed by atoms with Crippen LogP contribution >= 0.6 is 39.3 Å². The number of thioether (sulfide) groups is 1. The number of aromatic nitrogens is 1. The van der Waals surface area contributed by atoms with Gasteiger partial charge in [-0.2, -0.15) is 0 Å². The molecule has 9 heteroatoms. The molecule has 1 fully saturated rings. The molecule has 1 aromatic heterocycles. The van der Waals surface area contributed by atoms with Gasteiger partial charge in [0.05, 0.1) is 12.5 Å². The summed E-state index contributed by atoms with van der Waals surface area (Å²) in [5.74, 6) is -0.266. The summed E-state index contributed by atoms with van der Waals surface area (Å²) in [6, 6.07) is 21.1. The molecule has 6 nitrogen and oxygen atoms in total. The lowest BCUT2D eigenvalue weighted by Crippen LogP contribution is -2.48. The van der Waals surface area contributed by atoms with E-state index in [-0.39, 0.29) is 24.8 Å². The summed E-state index contributed by atoms with van der Waals surface area (Å²) in [5, 5.41) is 13.9. The van der Waals surface area contributed by atoms with Gasteiger partial charge in [0.2, 0.25) is 11.8 Å². The van der Waals surface area contributed by atoms with Crippen LogP contribution in [0.1, 0.15) is 42.0 Å². The van der Waals surface area contributed by atoms with Crippen molar-refractivity contribution in [2.24, 2.45) is 0 Å². The minimum atomic E-state index is -1.13. The molecule has 1 aliphatic heterocycles. The number of halogens is 2. The number of hydrogen-bond donors (Lipinski definition) is 3. The fraction of sp³-hybridized carbons (Fsp3) is 0.290. The molecule has 3 aromatic carbocycles. The monoisotopic (exact) mass is 639 g/mol. The number of nitrogens with one attached hydrogen (secondary N) is 2. The van der Waals surface area contributed by atoms with E-state index in [4.69, 9.17) is 11.6 Å². The van der Waals surface area contributed by atoms with Crippen molar-refractivity contribution in [1.82, 2.24) is 15.2 Å². The molecular formula is C31H31BrClN3O3S. The number of aryl methyl sites for hydroxylation is 1. The van der Waals surface area contributed by atoms with E-state index in [1.807, 2.05) is 84.8 Å². The first-order valence-corrected chi connectivity index (χ1v) is 15.2. The maximum Gasteiger partial charge on any atom is 0.239 e. The largest absolute Gasteiger partial charge is 0.396 e. The zero-order valence-corrected chi connectivity index (χ0v) is 25.3. The number of benzene rings is 3. The van der Waals surface area contributed by atoms with Gasteiger partial charge in [0.25, 0.3) is 0 Å².